The van der Waals surface area contributed by atoms with E-state index in [9.17, 15) is 8.42 Å². The lowest BCUT2D eigenvalue weighted by molar-refractivity contribution is -0.0584. The lowest BCUT2D eigenvalue weighted by Crippen LogP contribution is -2.52. The summed E-state index contributed by atoms with van der Waals surface area (Å²) in [7, 11) is -1.30. The summed E-state index contributed by atoms with van der Waals surface area (Å²) in [6.45, 7) is 4.33. The van der Waals surface area contributed by atoms with Crippen molar-refractivity contribution in [3.8, 4) is 0 Å². The number of sulfonamides is 1. The number of hydrogen-bond acceptors (Lipinski definition) is 2. The molecular weight excluding hydrogens is 258 g/mol. The van der Waals surface area contributed by atoms with Crippen LogP contribution in [0.1, 0.15) is 52.4 Å². The van der Waals surface area contributed by atoms with Crippen molar-refractivity contribution in [1.29, 1.82) is 0 Å². The van der Waals surface area contributed by atoms with Crippen molar-refractivity contribution in [2.24, 2.45) is 23.2 Å². The minimum absolute atomic E-state index is 0.300. The molecule has 4 bridgehead atoms. The number of nitrogens with zero attached hydrogens (tertiary/aromatic N) is 1. The molecule has 0 heterocycles. The Balaban J connectivity index is 1.76. The van der Waals surface area contributed by atoms with E-state index in [1.165, 1.54) is 38.5 Å². The Labute approximate surface area is 117 Å². The monoisotopic (exact) mass is 285 g/mol. The second-order valence-corrected chi connectivity index (χ2v) is 10.4. The normalized spacial score (nSPS) is 41.4. The third-order valence-electron chi connectivity index (χ3n) is 5.75. The fourth-order valence-electron chi connectivity index (χ4n) is 5.41. The van der Waals surface area contributed by atoms with Gasteiger partial charge in [-0.2, -0.15) is 0 Å². The van der Waals surface area contributed by atoms with Crippen molar-refractivity contribution in [1.82, 2.24) is 4.31 Å². The van der Waals surface area contributed by atoms with Crippen LogP contribution in [0, 0.1) is 23.2 Å². The molecule has 4 heteroatoms. The van der Waals surface area contributed by atoms with Crippen LogP contribution < -0.4 is 0 Å². The van der Waals surface area contributed by atoms with Gasteiger partial charge in [0.25, 0.3) is 0 Å². The third kappa shape index (κ3) is 2.35. The van der Waals surface area contributed by atoms with Crippen molar-refractivity contribution in [3.05, 3.63) is 0 Å². The van der Waals surface area contributed by atoms with Crippen molar-refractivity contribution in [2.75, 3.05) is 13.6 Å². The van der Waals surface area contributed by atoms with E-state index in [1.54, 1.807) is 25.2 Å². The Hall–Kier alpha value is -0.0900. The molecule has 0 unspecified atom stereocenters. The largest absolute Gasteiger partial charge is 0.216 e. The molecule has 0 saturated heterocycles. The van der Waals surface area contributed by atoms with E-state index in [4.69, 9.17) is 0 Å². The van der Waals surface area contributed by atoms with Gasteiger partial charge in [-0.1, -0.05) is 0 Å². The molecule has 0 aromatic carbocycles. The molecule has 0 atom stereocenters. The maximum Gasteiger partial charge on any atom is 0.216 e. The smallest absolute Gasteiger partial charge is 0.212 e. The zero-order valence-corrected chi connectivity index (χ0v) is 13.2. The van der Waals surface area contributed by atoms with E-state index in [1.807, 2.05) is 0 Å². The van der Waals surface area contributed by atoms with Crippen LogP contribution in [0.25, 0.3) is 0 Å². The van der Waals surface area contributed by atoms with Crippen LogP contribution in [-0.4, -0.2) is 31.6 Å². The summed E-state index contributed by atoms with van der Waals surface area (Å²) in [5.41, 5.74) is 0.311. The number of hydrogen-bond donors (Lipinski definition) is 0. The molecule has 4 saturated carbocycles. The Kier molecular flexibility index (Phi) is 3.25. The SMILES string of the molecule is CC(C)S(=O)(=O)N(C)CC12CC3CC(CC(C3)C1)C2. The topological polar surface area (TPSA) is 37.4 Å². The third-order valence-corrected chi connectivity index (χ3v) is 7.94. The molecule has 0 spiro atoms. The maximum absolute atomic E-state index is 12.3. The molecule has 0 amide bonds. The van der Waals surface area contributed by atoms with E-state index in [2.05, 4.69) is 0 Å². The Morgan fingerprint density at radius 3 is 1.84 bits per heavy atom. The van der Waals surface area contributed by atoms with Gasteiger partial charge in [0.05, 0.1) is 5.25 Å². The van der Waals surface area contributed by atoms with Gasteiger partial charge in [-0.25, -0.2) is 12.7 Å². The van der Waals surface area contributed by atoms with Gasteiger partial charge in [-0.15, -0.1) is 0 Å². The fraction of sp³-hybridized carbons (Fsp3) is 1.00. The predicted molar refractivity (Wildman–Crippen MR) is 77.3 cm³/mol. The summed E-state index contributed by atoms with van der Waals surface area (Å²) >= 11 is 0. The molecule has 19 heavy (non-hydrogen) atoms. The van der Waals surface area contributed by atoms with Gasteiger partial charge in [0.2, 0.25) is 10.0 Å². The van der Waals surface area contributed by atoms with E-state index in [-0.39, 0.29) is 5.25 Å². The average molecular weight is 285 g/mol. The van der Waals surface area contributed by atoms with Crippen LogP contribution in [0.3, 0.4) is 0 Å². The first-order valence-corrected chi connectivity index (χ1v) is 9.26. The van der Waals surface area contributed by atoms with E-state index in [0.29, 0.717) is 5.41 Å². The van der Waals surface area contributed by atoms with Crippen molar-refractivity contribution in [2.45, 2.75) is 57.6 Å². The van der Waals surface area contributed by atoms with Gasteiger partial charge in [-0.05, 0) is 75.5 Å². The van der Waals surface area contributed by atoms with Crippen molar-refractivity contribution < 1.29 is 8.42 Å². The first kappa shape index (κ1) is 13.9. The molecular formula is C15H27NO2S. The first-order chi connectivity index (χ1) is 8.81. The molecule has 110 valence electrons. The lowest BCUT2D eigenvalue weighted by Gasteiger charge is -2.57. The van der Waals surface area contributed by atoms with Crippen LogP contribution in [0.2, 0.25) is 0 Å². The maximum atomic E-state index is 12.3. The highest BCUT2D eigenvalue weighted by Gasteiger charge is 2.51. The molecule has 0 aromatic rings. The van der Waals surface area contributed by atoms with Crippen LogP contribution in [-0.2, 0) is 10.0 Å². The molecule has 3 nitrogen and oxygen atoms in total. The van der Waals surface area contributed by atoms with Crippen molar-refractivity contribution >= 4 is 10.0 Å². The minimum Gasteiger partial charge on any atom is -0.212 e. The lowest BCUT2D eigenvalue weighted by atomic mass is 9.49. The summed E-state index contributed by atoms with van der Waals surface area (Å²) in [4.78, 5) is 0. The zero-order chi connectivity index (χ0) is 13.8. The molecule has 0 radical (unpaired) electrons. The predicted octanol–water partition coefficient (Wildman–Crippen LogP) is 2.87. The van der Waals surface area contributed by atoms with E-state index in [0.717, 1.165) is 24.3 Å². The van der Waals surface area contributed by atoms with Gasteiger partial charge in [0.15, 0.2) is 0 Å². The summed E-state index contributed by atoms with van der Waals surface area (Å²) in [5.74, 6) is 2.67. The van der Waals surface area contributed by atoms with Crippen LogP contribution in [0.15, 0.2) is 0 Å². The second-order valence-electron chi connectivity index (χ2n) is 7.77. The van der Waals surface area contributed by atoms with Gasteiger partial charge < -0.3 is 0 Å². The molecule has 4 fully saturated rings. The van der Waals surface area contributed by atoms with E-state index >= 15 is 0 Å². The molecule has 4 aliphatic carbocycles. The van der Waals surface area contributed by atoms with Crippen LogP contribution >= 0.6 is 0 Å². The van der Waals surface area contributed by atoms with Crippen molar-refractivity contribution in [3.63, 3.8) is 0 Å². The fourth-order valence-corrected chi connectivity index (χ4v) is 6.58. The average Bonchev–Trinajstić information content (AvgIpc) is 2.25. The minimum atomic E-state index is -3.09. The molecule has 0 aliphatic heterocycles. The molecule has 0 N–H and O–H groups in total. The first-order valence-electron chi connectivity index (χ1n) is 7.76. The summed E-state index contributed by atoms with van der Waals surface area (Å²) in [6, 6.07) is 0. The summed E-state index contributed by atoms with van der Waals surface area (Å²) in [6.07, 6.45) is 8.07. The van der Waals surface area contributed by atoms with Gasteiger partial charge in [0, 0.05) is 13.6 Å². The van der Waals surface area contributed by atoms with E-state index < -0.39 is 10.0 Å². The van der Waals surface area contributed by atoms with Crippen LogP contribution in [0.4, 0.5) is 0 Å². The highest BCUT2D eigenvalue weighted by atomic mass is 32.2. The van der Waals surface area contributed by atoms with Gasteiger partial charge in [-0.3, -0.25) is 0 Å². The van der Waals surface area contributed by atoms with Gasteiger partial charge >= 0.3 is 0 Å². The Bertz CT molecular complexity index is 419. The Morgan fingerprint density at radius 2 is 1.47 bits per heavy atom. The van der Waals surface area contributed by atoms with Crippen LogP contribution in [0.5, 0.6) is 0 Å². The number of rotatable bonds is 4. The second kappa shape index (κ2) is 4.45. The molecule has 4 aliphatic rings. The standard InChI is InChI=1S/C15H27NO2S/c1-11(2)19(17,18)16(3)10-15-7-12-4-13(8-15)6-14(5-12)9-15/h11-14H,4-10H2,1-3H3. The highest BCUT2D eigenvalue weighted by Crippen LogP contribution is 2.60. The summed E-state index contributed by atoms with van der Waals surface area (Å²) in [5, 5.41) is -0.300. The zero-order valence-electron chi connectivity index (χ0n) is 12.4. The summed E-state index contributed by atoms with van der Waals surface area (Å²) < 4.78 is 26.2. The van der Waals surface area contributed by atoms with Gasteiger partial charge in [0.1, 0.15) is 0 Å². The quantitative estimate of drug-likeness (QED) is 0.796. The Morgan fingerprint density at radius 1 is 1.05 bits per heavy atom. The highest BCUT2D eigenvalue weighted by molar-refractivity contribution is 7.89. The molecule has 0 aromatic heterocycles. The molecule has 4 rings (SSSR count).